The maximum absolute atomic E-state index is 12.2. The molecule has 0 bridgehead atoms. The SMILES string of the molecule is Cc1cc(Cl)cc(C(=O)Nc2ccc(O)cc2C(=O)O)c1. The number of hydrogen-bond acceptors (Lipinski definition) is 3. The van der Waals surface area contributed by atoms with E-state index < -0.39 is 11.9 Å². The Morgan fingerprint density at radius 2 is 1.86 bits per heavy atom. The molecule has 0 radical (unpaired) electrons. The number of nitrogens with one attached hydrogen (secondary N) is 1. The Balaban J connectivity index is 2.33. The highest BCUT2D eigenvalue weighted by Crippen LogP contribution is 2.23. The molecule has 108 valence electrons. The van der Waals surface area contributed by atoms with E-state index in [0.717, 1.165) is 11.6 Å². The summed E-state index contributed by atoms with van der Waals surface area (Å²) in [6.45, 7) is 1.80. The Morgan fingerprint density at radius 1 is 1.14 bits per heavy atom. The minimum atomic E-state index is -1.25. The molecule has 0 saturated carbocycles. The molecule has 0 spiro atoms. The topological polar surface area (TPSA) is 86.6 Å². The van der Waals surface area contributed by atoms with Crippen LogP contribution in [-0.4, -0.2) is 22.1 Å². The molecule has 0 aliphatic heterocycles. The van der Waals surface area contributed by atoms with Gasteiger partial charge in [-0.2, -0.15) is 0 Å². The van der Waals surface area contributed by atoms with Gasteiger partial charge in [-0.05, 0) is 48.9 Å². The van der Waals surface area contributed by atoms with E-state index in [1.54, 1.807) is 19.1 Å². The van der Waals surface area contributed by atoms with Gasteiger partial charge in [-0.15, -0.1) is 0 Å². The van der Waals surface area contributed by atoms with Gasteiger partial charge in [0.2, 0.25) is 0 Å². The molecule has 0 fully saturated rings. The molecule has 0 heterocycles. The molecule has 21 heavy (non-hydrogen) atoms. The highest BCUT2D eigenvalue weighted by Gasteiger charge is 2.15. The molecule has 2 rings (SSSR count). The second-order valence-corrected chi connectivity index (χ2v) is 4.94. The Labute approximate surface area is 125 Å². The first-order chi connectivity index (χ1) is 9.86. The third-order valence-electron chi connectivity index (χ3n) is 2.79. The summed E-state index contributed by atoms with van der Waals surface area (Å²) in [5.41, 5.74) is 1.05. The van der Waals surface area contributed by atoms with Crippen LogP contribution in [0.3, 0.4) is 0 Å². The molecule has 2 aromatic rings. The smallest absolute Gasteiger partial charge is 0.337 e. The van der Waals surface area contributed by atoms with Crippen LogP contribution >= 0.6 is 11.6 Å². The van der Waals surface area contributed by atoms with Gasteiger partial charge >= 0.3 is 5.97 Å². The molecule has 0 aliphatic carbocycles. The summed E-state index contributed by atoms with van der Waals surface area (Å²) in [7, 11) is 0. The molecule has 0 saturated heterocycles. The Morgan fingerprint density at radius 3 is 2.48 bits per heavy atom. The van der Waals surface area contributed by atoms with E-state index in [4.69, 9.17) is 16.7 Å². The number of hydrogen-bond donors (Lipinski definition) is 3. The van der Waals surface area contributed by atoms with Gasteiger partial charge in [-0.3, -0.25) is 4.79 Å². The summed E-state index contributed by atoms with van der Waals surface area (Å²) < 4.78 is 0. The van der Waals surface area contributed by atoms with Crippen LogP contribution < -0.4 is 5.32 Å². The lowest BCUT2D eigenvalue weighted by atomic mass is 10.1. The number of benzene rings is 2. The van der Waals surface area contributed by atoms with Crippen molar-refractivity contribution in [2.45, 2.75) is 6.92 Å². The standard InChI is InChI=1S/C15H12ClNO4/c1-8-4-9(6-10(16)5-8)14(19)17-13-3-2-11(18)7-12(13)15(20)21/h2-7,18H,1H3,(H,17,19)(H,20,21). The molecule has 5 nitrogen and oxygen atoms in total. The average Bonchev–Trinajstić information content (AvgIpc) is 2.39. The van der Waals surface area contributed by atoms with Crippen molar-refractivity contribution in [1.29, 1.82) is 0 Å². The lowest BCUT2D eigenvalue weighted by Gasteiger charge is -2.09. The predicted octanol–water partition coefficient (Wildman–Crippen LogP) is 3.30. The van der Waals surface area contributed by atoms with Gasteiger partial charge in [0.05, 0.1) is 11.3 Å². The van der Waals surface area contributed by atoms with E-state index in [0.29, 0.717) is 10.6 Å². The van der Waals surface area contributed by atoms with Gasteiger partial charge in [0.25, 0.3) is 5.91 Å². The van der Waals surface area contributed by atoms with Crippen molar-refractivity contribution >= 4 is 29.2 Å². The lowest BCUT2D eigenvalue weighted by molar-refractivity contribution is 0.0697. The van der Waals surface area contributed by atoms with E-state index in [2.05, 4.69) is 5.32 Å². The minimum absolute atomic E-state index is 0.0999. The van der Waals surface area contributed by atoms with Crippen molar-refractivity contribution in [2.24, 2.45) is 0 Å². The fourth-order valence-electron chi connectivity index (χ4n) is 1.88. The number of amides is 1. The molecular formula is C15H12ClNO4. The van der Waals surface area contributed by atoms with Crippen molar-refractivity contribution in [3.8, 4) is 5.75 Å². The van der Waals surface area contributed by atoms with Gasteiger partial charge in [0.1, 0.15) is 5.75 Å². The third kappa shape index (κ3) is 3.52. The normalized spacial score (nSPS) is 10.2. The maximum atomic E-state index is 12.2. The molecule has 0 atom stereocenters. The summed E-state index contributed by atoms with van der Waals surface area (Å²) in [6, 6.07) is 8.54. The monoisotopic (exact) mass is 305 g/mol. The first-order valence-electron chi connectivity index (χ1n) is 6.01. The first-order valence-corrected chi connectivity index (χ1v) is 6.39. The van der Waals surface area contributed by atoms with Gasteiger partial charge < -0.3 is 15.5 Å². The van der Waals surface area contributed by atoms with E-state index in [9.17, 15) is 14.7 Å². The maximum Gasteiger partial charge on any atom is 0.337 e. The van der Waals surface area contributed by atoms with Crippen molar-refractivity contribution in [3.63, 3.8) is 0 Å². The average molecular weight is 306 g/mol. The predicted molar refractivity (Wildman–Crippen MR) is 79.2 cm³/mol. The number of carboxylic acid groups (broad SMARTS) is 1. The molecule has 0 aromatic heterocycles. The van der Waals surface area contributed by atoms with Crippen LogP contribution in [0.1, 0.15) is 26.3 Å². The Bertz CT molecular complexity index is 707. The zero-order chi connectivity index (χ0) is 15.6. The highest BCUT2D eigenvalue weighted by atomic mass is 35.5. The second-order valence-electron chi connectivity index (χ2n) is 4.51. The third-order valence-corrected chi connectivity index (χ3v) is 3.00. The van der Waals surface area contributed by atoms with E-state index >= 15 is 0 Å². The van der Waals surface area contributed by atoms with Crippen LogP contribution in [0.4, 0.5) is 5.69 Å². The van der Waals surface area contributed by atoms with Gasteiger partial charge in [-0.25, -0.2) is 4.79 Å². The number of aromatic hydroxyl groups is 1. The van der Waals surface area contributed by atoms with Crippen LogP contribution in [0.15, 0.2) is 36.4 Å². The summed E-state index contributed by atoms with van der Waals surface area (Å²) in [4.78, 5) is 23.3. The van der Waals surface area contributed by atoms with Crippen molar-refractivity contribution in [2.75, 3.05) is 5.32 Å². The van der Waals surface area contributed by atoms with Gasteiger partial charge in [0, 0.05) is 10.6 Å². The fraction of sp³-hybridized carbons (Fsp3) is 0.0667. The second kappa shape index (κ2) is 5.85. The summed E-state index contributed by atoms with van der Waals surface area (Å²) in [6.07, 6.45) is 0. The fourth-order valence-corrected chi connectivity index (χ4v) is 2.17. The van der Waals surface area contributed by atoms with Crippen LogP contribution in [-0.2, 0) is 0 Å². The number of rotatable bonds is 3. The quantitative estimate of drug-likeness (QED) is 0.759. The van der Waals surface area contributed by atoms with E-state index in [1.165, 1.54) is 18.2 Å². The molecule has 3 N–H and O–H groups in total. The summed E-state index contributed by atoms with van der Waals surface area (Å²) >= 11 is 5.89. The number of halogens is 1. The zero-order valence-electron chi connectivity index (χ0n) is 11.1. The number of phenolic OH excluding ortho intramolecular Hbond substituents is 1. The van der Waals surface area contributed by atoms with Crippen LogP contribution in [0.2, 0.25) is 5.02 Å². The Kier molecular flexibility index (Phi) is 4.14. The minimum Gasteiger partial charge on any atom is -0.508 e. The number of aromatic carboxylic acids is 1. The van der Waals surface area contributed by atoms with E-state index in [1.807, 2.05) is 0 Å². The Hall–Kier alpha value is -2.53. The van der Waals surface area contributed by atoms with E-state index in [-0.39, 0.29) is 17.0 Å². The number of anilines is 1. The number of phenols is 1. The van der Waals surface area contributed by atoms with Crippen molar-refractivity contribution in [1.82, 2.24) is 0 Å². The molecule has 6 heteroatoms. The zero-order valence-corrected chi connectivity index (χ0v) is 11.8. The van der Waals surface area contributed by atoms with Gasteiger partial charge in [0.15, 0.2) is 0 Å². The molecular weight excluding hydrogens is 294 g/mol. The first kappa shape index (κ1) is 14.9. The number of carboxylic acids is 1. The molecule has 1 amide bonds. The number of carbonyl (C=O) groups is 2. The lowest BCUT2D eigenvalue weighted by Crippen LogP contribution is -2.15. The van der Waals surface area contributed by atoms with Crippen molar-refractivity contribution in [3.05, 3.63) is 58.1 Å². The van der Waals surface area contributed by atoms with Crippen LogP contribution in [0.5, 0.6) is 5.75 Å². The number of aryl methyl sites for hydroxylation is 1. The molecule has 2 aromatic carbocycles. The largest absolute Gasteiger partial charge is 0.508 e. The van der Waals surface area contributed by atoms with Crippen LogP contribution in [0, 0.1) is 6.92 Å². The molecule has 0 aliphatic rings. The van der Waals surface area contributed by atoms with Crippen molar-refractivity contribution < 1.29 is 19.8 Å². The van der Waals surface area contributed by atoms with Gasteiger partial charge in [-0.1, -0.05) is 11.6 Å². The highest BCUT2D eigenvalue weighted by molar-refractivity contribution is 6.31. The summed E-state index contributed by atoms with van der Waals surface area (Å²) in [5.74, 6) is -1.92. The number of carbonyl (C=O) groups excluding carboxylic acids is 1. The summed E-state index contributed by atoms with van der Waals surface area (Å²) in [5, 5.41) is 21.3. The van der Waals surface area contributed by atoms with Crippen LogP contribution in [0.25, 0.3) is 0 Å². The molecule has 0 unspecified atom stereocenters.